The molecule has 5 nitrogen and oxygen atoms in total. The molecule has 1 aromatic carbocycles. The summed E-state index contributed by atoms with van der Waals surface area (Å²) in [4.78, 5) is 12.0. The molecule has 0 radical (unpaired) electrons. The molecule has 7 heteroatoms. The molecular formula is C16H17N3O2S2. The minimum Gasteiger partial charge on any atom is -0.477 e. The first-order chi connectivity index (χ1) is 10.9. The van der Waals surface area contributed by atoms with Crippen molar-refractivity contribution in [3.63, 3.8) is 0 Å². The fourth-order valence-corrected chi connectivity index (χ4v) is 2.89. The summed E-state index contributed by atoms with van der Waals surface area (Å²) in [6, 6.07) is 9.33. The number of rotatable bonds is 4. The lowest BCUT2D eigenvalue weighted by Crippen LogP contribution is -2.25. The van der Waals surface area contributed by atoms with Crippen LogP contribution in [0.5, 0.6) is 0 Å². The van der Waals surface area contributed by atoms with Crippen molar-refractivity contribution in [1.82, 2.24) is 5.43 Å². The van der Waals surface area contributed by atoms with Crippen LogP contribution in [-0.4, -0.2) is 21.9 Å². The van der Waals surface area contributed by atoms with Gasteiger partial charge in [0.25, 0.3) is 0 Å². The van der Waals surface area contributed by atoms with E-state index in [0.717, 1.165) is 16.1 Å². The molecule has 1 aromatic heterocycles. The van der Waals surface area contributed by atoms with Crippen LogP contribution in [0.15, 0.2) is 35.4 Å². The van der Waals surface area contributed by atoms with E-state index in [4.69, 9.17) is 17.3 Å². The van der Waals surface area contributed by atoms with Crippen molar-refractivity contribution >= 4 is 46.0 Å². The molecule has 120 valence electrons. The fourth-order valence-electron chi connectivity index (χ4n) is 1.94. The second kappa shape index (κ2) is 7.34. The third-order valence-electron chi connectivity index (χ3n) is 3.13. The van der Waals surface area contributed by atoms with Gasteiger partial charge in [0.1, 0.15) is 4.88 Å². The molecule has 0 aliphatic heterocycles. The molecule has 3 N–H and O–H groups in total. The first kappa shape index (κ1) is 17.1. The molecule has 0 spiro atoms. The number of thiocarbonyl (C=S) groups is 1. The van der Waals surface area contributed by atoms with Crippen molar-refractivity contribution < 1.29 is 9.90 Å². The number of hydrogen-bond acceptors (Lipinski definition) is 4. The van der Waals surface area contributed by atoms with Gasteiger partial charge in [0.15, 0.2) is 5.11 Å². The molecule has 0 amide bonds. The summed E-state index contributed by atoms with van der Waals surface area (Å²) in [7, 11) is 0. The summed E-state index contributed by atoms with van der Waals surface area (Å²) in [6.45, 7) is 5.84. The zero-order valence-electron chi connectivity index (χ0n) is 13.0. The van der Waals surface area contributed by atoms with Crippen LogP contribution in [0.2, 0.25) is 0 Å². The summed E-state index contributed by atoms with van der Waals surface area (Å²) in [5.74, 6) is -0.936. The van der Waals surface area contributed by atoms with Crippen molar-refractivity contribution in [3.05, 3.63) is 51.2 Å². The van der Waals surface area contributed by atoms with Crippen molar-refractivity contribution in [1.29, 1.82) is 0 Å². The Morgan fingerprint density at radius 2 is 1.91 bits per heavy atom. The van der Waals surface area contributed by atoms with Crippen LogP contribution in [0.25, 0.3) is 0 Å². The highest BCUT2D eigenvalue weighted by Gasteiger charge is 2.09. The summed E-state index contributed by atoms with van der Waals surface area (Å²) in [6.07, 6.45) is 0. The maximum Gasteiger partial charge on any atom is 0.345 e. The molecule has 0 aliphatic rings. The second-order valence-electron chi connectivity index (χ2n) is 5.05. The highest BCUT2D eigenvalue weighted by molar-refractivity contribution is 7.80. The number of aryl methyl sites for hydroxylation is 2. The van der Waals surface area contributed by atoms with Gasteiger partial charge in [-0.2, -0.15) is 5.10 Å². The number of carbonyl (C=O) groups is 1. The highest BCUT2D eigenvalue weighted by Crippen LogP contribution is 2.17. The Kier molecular flexibility index (Phi) is 5.46. The Bertz CT molecular complexity index is 781. The average Bonchev–Trinajstić information content (AvgIpc) is 2.98. The van der Waals surface area contributed by atoms with Crippen molar-refractivity contribution in [2.24, 2.45) is 5.10 Å². The van der Waals surface area contributed by atoms with E-state index in [0.29, 0.717) is 10.8 Å². The van der Waals surface area contributed by atoms with Gasteiger partial charge in [-0.05, 0) is 56.8 Å². The van der Waals surface area contributed by atoms with Crippen molar-refractivity contribution in [2.75, 3.05) is 5.32 Å². The van der Waals surface area contributed by atoms with E-state index in [2.05, 4.69) is 21.9 Å². The number of carboxylic acid groups (broad SMARTS) is 1. The number of thiophene rings is 1. The minimum absolute atomic E-state index is 0.283. The second-order valence-corrected chi connectivity index (χ2v) is 6.54. The smallest absolute Gasteiger partial charge is 0.345 e. The zero-order valence-corrected chi connectivity index (χ0v) is 14.6. The first-order valence-electron chi connectivity index (χ1n) is 6.89. The van der Waals surface area contributed by atoms with Crippen molar-refractivity contribution in [2.45, 2.75) is 20.8 Å². The molecule has 0 bridgehead atoms. The summed E-state index contributed by atoms with van der Waals surface area (Å²) < 4.78 is 0. The van der Waals surface area contributed by atoms with E-state index in [1.54, 1.807) is 19.1 Å². The van der Waals surface area contributed by atoms with Crippen LogP contribution in [-0.2, 0) is 0 Å². The number of aromatic carboxylic acids is 1. The van der Waals surface area contributed by atoms with Crippen LogP contribution < -0.4 is 10.7 Å². The molecule has 0 fully saturated rings. The minimum atomic E-state index is -0.936. The van der Waals surface area contributed by atoms with Gasteiger partial charge in [0, 0.05) is 5.69 Å². The quantitative estimate of drug-likeness (QED) is 0.446. The Morgan fingerprint density at radius 3 is 2.52 bits per heavy atom. The molecule has 23 heavy (non-hydrogen) atoms. The number of benzene rings is 1. The number of hydrazone groups is 1. The lowest BCUT2D eigenvalue weighted by Gasteiger charge is -2.10. The third-order valence-corrected chi connectivity index (χ3v) is 4.50. The predicted octanol–water partition coefficient (Wildman–Crippen LogP) is 3.77. The van der Waals surface area contributed by atoms with Crippen LogP contribution in [0.1, 0.15) is 32.6 Å². The van der Waals surface area contributed by atoms with Gasteiger partial charge in [-0.15, -0.1) is 11.3 Å². The summed E-state index contributed by atoms with van der Waals surface area (Å²) in [5, 5.41) is 16.6. The monoisotopic (exact) mass is 347 g/mol. The van der Waals surface area contributed by atoms with E-state index >= 15 is 0 Å². The normalized spacial score (nSPS) is 11.2. The lowest BCUT2D eigenvalue weighted by molar-refractivity contribution is 0.0702. The zero-order chi connectivity index (χ0) is 17.0. The number of hydrogen-bond donors (Lipinski definition) is 3. The summed E-state index contributed by atoms with van der Waals surface area (Å²) >= 11 is 6.40. The number of nitrogens with zero attached hydrogens (tertiary/aromatic N) is 1. The average molecular weight is 347 g/mol. The Labute approximate surface area is 144 Å². The summed E-state index contributed by atoms with van der Waals surface area (Å²) in [5.41, 5.74) is 6.66. The molecule has 0 unspecified atom stereocenters. The largest absolute Gasteiger partial charge is 0.477 e. The van der Waals surface area contributed by atoms with Crippen LogP contribution >= 0.6 is 23.6 Å². The number of nitrogens with one attached hydrogen (secondary N) is 2. The van der Waals surface area contributed by atoms with Crippen LogP contribution in [0, 0.1) is 13.8 Å². The standard InChI is InChI=1S/C16H17N3O2S2/c1-9-4-5-12(10(2)8-9)17-16(22)19-18-11(3)13-6-7-14(23-13)15(20)21/h4-8H,1-3H3,(H,20,21)(H2,17,19,22)/b18-11-. The van der Waals surface area contributed by atoms with E-state index in [-0.39, 0.29) is 4.88 Å². The van der Waals surface area contributed by atoms with Gasteiger partial charge in [-0.3, -0.25) is 5.43 Å². The number of anilines is 1. The van der Waals surface area contributed by atoms with E-state index in [9.17, 15) is 4.79 Å². The van der Waals surface area contributed by atoms with E-state index < -0.39 is 5.97 Å². The van der Waals surface area contributed by atoms with E-state index in [1.807, 2.05) is 26.0 Å². The van der Waals surface area contributed by atoms with Gasteiger partial charge in [0.2, 0.25) is 0 Å². The molecule has 0 atom stereocenters. The molecule has 2 rings (SSSR count). The lowest BCUT2D eigenvalue weighted by atomic mass is 10.1. The molecule has 0 saturated carbocycles. The first-order valence-corrected chi connectivity index (χ1v) is 8.11. The van der Waals surface area contributed by atoms with E-state index in [1.165, 1.54) is 16.9 Å². The maximum atomic E-state index is 10.9. The third kappa shape index (κ3) is 4.61. The van der Waals surface area contributed by atoms with Gasteiger partial charge in [-0.1, -0.05) is 17.7 Å². The van der Waals surface area contributed by atoms with Gasteiger partial charge >= 0.3 is 5.97 Å². The SMILES string of the molecule is C/C(=N/NC(=S)Nc1ccc(C)cc1C)c1ccc(C(=O)O)s1. The van der Waals surface area contributed by atoms with Crippen LogP contribution in [0.4, 0.5) is 5.69 Å². The molecule has 1 heterocycles. The topological polar surface area (TPSA) is 73.7 Å². The Balaban J connectivity index is 2.00. The predicted molar refractivity (Wildman–Crippen MR) is 98.8 cm³/mol. The molecule has 0 aliphatic carbocycles. The molecular weight excluding hydrogens is 330 g/mol. The van der Waals surface area contributed by atoms with Gasteiger partial charge in [-0.25, -0.2) is 4.79 Å². The van der Waals surface area contributed by atoms with Gasteiger partial charge < -0.3 is 10.4 Å². The Hall–Kier alpha value is -2.25. The molecule has 2 aromatic rings. The van der Waals surface area contributed by atoms with Crippen molar-refractivity contribution in [3.8, 4) is 0 Å². The molecule has 0 saturated heterocycles. The van der Waals surface area contributed by atoms with Gasteiger partial charge in [0.05, 0.1) is 10.6 Å². The highest BCUT2D eigenvalue weighted by atomic mass is 32.1. The fraction of sp³-hybridized carbons (Fsp3) is 0.188. The van der Waals surface area contributed by atoms with Crippen LogP contribution in [0.3, 0.4) is 0 Å². The Morgan fingerprint density at radius 1 is 1.22 bits per heavy atom. The maximum absolute atomic E-state index is 10.9. The number of carboxylic acids is 1.